The van der Waals surface area contributed by atoms with Crippen molar-refractivity contribution < 1.29 is 4.79 Å². The number of carbonyl (C=O) groups excluding carboxylic acids is 1. The number of nitrogen functional groups attached to an aromatic ring is 1. The molecule has 19 heavy (non-hydrogen) atoms. The van der Waals surface area contributed by atoms with E-state index < -0.39 is 0 Å². The van der Waals surface area contributed by atoms with Crippen LogP contribution in [0.1, 0.15) is 49.9 Å². The van der Waals surface area contributed by atoms with E-state index in [1.54, 1.807) is 0 Å². The van der Waals surface area contributed by atoms with Crippen LogP contribution < -0.4 is 11.1 Å². The van der Waals surface area contributed by atoms with Gasteiger partial charge in [-0.15, -0.1) is 0 Å². The van der Waals surface area contributed by atoms with E-state index >= 15 is 0 Å². The molecule has 0 radical (unpaired) electrons. The molecule has 1 amide bonds. The van der Waals surface area contributed by atoms with Gasteiger partial charge in [-0.1, -0.05) is 38.3 Å². The van der Waals surface area contributed by atoms with Gasteiger partial charge in [-0.25, -0.2) is 4.98 Å². The molecule has 1 aromatic rings. The number of hydrogen-bond donors (Lipinski definition) is 2. The molecule has 0 aromatic carbocycles. The van der Waals surface area contributed by atoms with Crippen molar-refractivity contribution in [3.8, 4) is 0 Å². The van der Waals surface area contributed by atoms with Gasteiger partial charge in [-0.3, -0.25) is 4.79 Å². The molecule has 1 atom stereocenters. The highest BCUT2D eigenvalue weighted by molar-refractivity contribution is 6.29. The Balaban J connectivity index is 2.14. The van der Waals surface area contributed by atoms with Crippen LogP contribution in [0.5, 0.6) is 0 Å². The Morgan fingerprint density at radius 1 is 1.53 bits per heavy atom. The number of halogens is 1. The monoisotopic (exact) mass is 281 g/mol. The lowest BCUT2D eigenvalue weighted by molar-refractivity contribution is 0.0854. The molecular weight excluding hydrogens is 262 g/mol. The third-order valence-corrected chi connectivity index (χ3v) is 4.17. The number of rotatable bonds is 2. The summed E-state index contributed by atoms with van der Waals surface area (Å²) >= 11 is 5.81. The minimum absolute atomic E-state index is 0.125. The van der Waals surface area contributed by atoms with Crippen molar-refractivity contribution in [1.29, 1.82) is 0 Å². The standard InChI is InChI=1S/C14H20ClN3O/c1-14(2)6-4-3-5-11(14)18-13(19)9-7-12(15)17-8-10(9)16/h7-8,11H,3-6,16H2,1-2H3,(H,18,19). The molecule has 1 heterocycles. The highest BCUT2D eigenvalue weighted by atomic mass is 35.5. The number of anilines is 1. The topological polar surface area (TPSA) is 68.0 Å². The van der Waals surface area contributed by atoms with Crippen LogP contribution in [-0.4, -0.2) is 16.9 Å². The minimum Gasteiger partial charge on any atom is -0.397 e. The van der Waals surface area contributed by atoms with Gasteiger partial charge >= 0.3 is 0 Å². The highest BCUT2D eigenvalue weighted by Crippen LogP contribution is 2.35. The van der Waals surface area contributed by atoms with E-state index in [9.17, 15) is 4.79 Å². The van der Waals surface area contributed by atoms with Crippen molar-refractivity contribution in [2.75, 3.05) is 5.73 Å². The molecule has 1 aliphatic carbocycles. The Bertz CT molecular complexity index is 488. The predicted molar refractivity (Wildman–Crippen MR) is 77.2 cm³/mol. The number of nitrogens with two attached hydrogens (primary N) is 1. The number of nitrogens with zero attached hydrogens (tertiary/aromatic N) is 1. The van der Waals surface area contributed by atoms with Gasteiger partial charge in [0.05, 0.1) is 17.4 Å². The summed E-state index contributed by atoms with van der Waals surface area (Å²) in [5, 5.41) is 3.37. The molecule has 3 N–H and O–H groups in total. The first kappa shape index (κ1) is 14.1. The number of aromatic nitrogens is 1. The van der Waals surface area contributed by atoms with Crippen LogP contribution in [0.4, 0.5) is 5.69 Å². The Hall–Kier alpha value is -1.29. The molecular formula is C14H20ClN3O. The quantitative estimate of drug-likeness (QED) is 0.819. The third kappa shape index (κ3) is 3.18. The van der Waals surface area contributed by atoms with Crippen molar-refractivity contribution in [2.45, 2.75) is 45.6 Å². The molecule has 0 aliphatic heterocycles. The molecule has 104 valence electrons. The lowest BCUT2D eigenvalue weighted by Crippen LogP contribution is -2.46. The Morgan fingerprint density at radius 3 is 2.95 bits per heavy atom. The maximum Gasteiger partial charge on any atom is 0.253 e. The second kappa shape index (κ2) is 5.37. The predicted octanol–water partition coefficient (Wildman–Crippen LogP) is 3.02. The molecule has 1 saturated carbocycles. The molecule has 5 heteroatoms. The summed E-state index contributed by atoms with van der Waals surface area (Å²) in [4.78, 5) is 16.2. The van der Waals surface area contributed by atoms with Crippen molar-refractivity contribution in [2.24, 2.45) is 5.41 Å². The normalized spacial score (nSPS) is 21.9. The lowest BCUT2D eigenvalue weighted by Gasteiger charge is -2.39. The fourth-order valence-corrected chi connectivity index (χ4v) is 2.79. The van der Waals surface area contributed by atoms with Gasteiger partial charge in [0.25, 0.3) is 5.91 Å². The van der Waals surface area contributed by atoms with E-state index in [1.165, 1.54) is 18.7 Å². The number of carbonyl (C=O) groups is 1. The first-order valence-corrected chi connectivity index (χ1v) is 7.00. The first-order chi connectivity index (χ1) is 8.90. The average molecular weight is 282 g/mol. The lowest BCUT2D eigenvalue weighted by atomic mass is 9.73. The zero-order chi connectivity index (χ0) is 14.0. The van der Waals surface area contributed by atoms with Crippen LogP contribution >= 0.6 is 11.6 Å². The summed E-state index contributed by atoms with van der Waals surface area (Å²) in [6, 6.07) is 1.70. The summed E-state index contributed by atoms with van der Waals surface area (Å²) in [5.41, 5.74) is 6.67. The fraction of sp³-hybridized carbons (Fsp3) is 0.571. The Kier molecular flexibility index (Phi) is 3.99. The molecule has 1 unspecified atom stereocenters. The summed E-state index contributed by atoms with van der Waals surface area (Å²) in [6.07, 6.45) is 5.94. The van der Waals surface area contributed by atoms with Gasteiger partial charge in [0.2, 0.25) is 0 Å². The SMILES string of the molecule is CC1(C)CCCCC1NC(=O)c1cc(Cl)ncc1N. The number of hydrogen-bond acceptors (Lipinski definition) is 3. The second-order valence-corrected chi connectivity index (χ2v) is 6.24. The van der Waals surface area contributed by atoms with Gasteiger partial charge in [0.1, 0.15) is 5.15 Å². The van der Waals surface area contributed by atoms with Crippen molar-refractivity contribution in [3.05, 3.63) is 23.0 Å². The molecule has 0 saturated heterocycles. The van der Waals surface area contributed by atoms with Crippen LogP contribution in [0.15, 0.2) is 12.3 Å². The van der Waals surface area contributed by atoms with Gasteiger partial charge in [0.15, 0.2) is 0 Å². The molecule has 1 aromatic heterocycles. The van der Waals surface area contributed by atoms with Crippen LogP contribution in [0.2, 0.25) is 5.15 Å². The largest absolute Gasteiger partial charge is 0.397 e. The van der Waals surface area contributed by atoms with E-state index in [0.717, 1.165) is 19.3 Å². The van der Waals surface area contributed by atoms with Crippen LogP contribution in [0, 0.1) is 5.41 Å². The number of amides is 1. The van der Waals surface area contributed by atoms with Gasteiger partial charge in [-0.05, 0) is 24.3 Å². The van der Waals surface area contributed by atoms with E-state index in [2.05, 4.69) is 24.1 Å². The van der Waals surface area contributed by atoms with Crippen molar-refractivity contribution in [3.63, 3.8) is 0 Å². The van der Waals surface area contributed by atoms with E-state index in [0.29, 0.717) is 11.3 Å². The smallest absolute Gasteiger partial charge is 0.253 e. The Morgan fingerprint density at radius 2 is 2.26 bits per heavy atom. The van der Waals surface area contributed by atoms with Crippen molar-refractivity contribution >= 4 is 23.2 Å². The molecule has 0 spiro atoms. The van der Waals surface area contributed by atoms with Crippen LogP contribution in [0.25, 0.3) is 0 Å². The number of nitrogens with one attached hydrogen (secondary N) is 1. The summed E-state index contributed by atoms with van der Waals surface area (Å²) in [5.74, 6) is -0.165. The summed E-state index contributed by atoms with van der Waals surface area (Å²) in [7, 11) is 0. The van der Waals surface area contributed by atoms with E-state index in [4.69, 9.17) is 17.3 Å². The zero-order valence-corrected chi connectivity index (χ0v) is 12.1. The summed E-state index contributed by atoms with van der Waals surface area (Å²) in [6.45, 7) is 4.39. The molecule has 2 rings (SSSR count). The zero-order valence-electron chi connectivity index (χ0n) is 11.4. The maximum absolute atomic E-state index is 12.3. The molecule has 1 aliphatic rings. The van der Waals surface area contributed by atoms with Crippen LogP contribution in [-0.2, 0) is 0 Å². The van der Waals surface area contributed by atoms with Gasteiger partial charge in [-0.2, -0.15) is 0 Å². The van der Waals surface area contributed by atoms with E-state index in [-0.39, 0.29) is 22.5 Å². The van der Waals surface area contributed by atoms with Crippen LogP contribution in [0.3, 0.4) is 0 Å². The van der Waals surface area contributed by atoms with Crippen molar-refractivity contribution in [1.82, 2.24) is 10.3 Å². The summed E-state index contributed by atoms with van der Waals surface area (Å²) < 4.78 is 0. The Labute approximate surface area is 118 Å². The second-order valence-electron chi connectivity index (χ2n) is 5.85. The molecule has 4 nitrogen and oxygen atoms in total. The third-order valence-electron chi connectivity index (χ3n) is 3.96. The number of pyridine rings is 1. The highest BCUT2D eigenvalue weighted by Gasteiger charge is 2.33. The molecule has 1 fully saturated rings. The fourth-order valence-electron chi connectivity index (χ4n) is 2.63. The first-order valence-electron chi connectivity index (χ1n) is 6.62. The molecule has 0 bridgehead atoms. The average Bonchev–Trinajstić information content (AvgIpc) is 2.34. The van der Waals surface area contributed by atoms with E-state index in [1.807, 2.05) is 0 Å². The maximum atomic E-state index is 12.3. The van der Waals surface area contributed by atoms with Gasteiger partial charge in [0, 0.05) is 6.04 Å². The van der Waals surface area contributed by atoms with Gasteiger partial charge < -0.3 is 11.1 Å². The minimum atomic E-state index is -0.165.